The minimum absolute atomic E-state index is 0.0604. The fourth-order valence-corrected chi connectivity index (χ4v) is 4.29. The van der Waals surface area contributed by atoms with Gasteiger partial charge in [-0.1, -0.05) is 13.8 Å². The van der Waals surface area contributed by atoms with Crippen molar-refractivity contribution in [3.05, 3.63) is 0 Å². The van der Waals surface area contributed by atoms with Gasteiger partial charge in [-0.3, -0.25) is 9.69 Å². The van der Waals surface area contributed by atoms with Crippen LogP contribution in [0.5, 0.6) is 0 Å². The second-order valence-corrected chi connectivity index (χ2v) is 8.87. The summed E-state index contributed by atoms with van der Waals surface area (Å²) >= 11 is 0. The van der Waals surface area contributed by atoms with E-state index in [9.17, 15) is 9.59 Å². The molecule has 0 aromatic heterocycles. The predicted molar refractivity (Wildman–Crippen MR) is 103 cm³/mol. The van der Waals surface area contributed by atoms with E-state index in [0.717, 1.165) is 25.9 Å². The van der Waals surface area contributed by atoms with Crippen molar-refractivity contribution in [1.29, 1.82) is 0 Å². The van der Waals surface area contributed by atoms with Crippen molar-refractivity contribution in [2.45, 2.75) is 59.4 Å². The normalized spacial score (nSPS) is 27.9. The molecule has 2 heterocycles. The lowest BCUT2D eigenvalue weighted by atomic mass is 9.88. The summed E-state index contributed by atoms with van der Waals surface area (Å²) in [5.74, 6) is 1.32. The summed E-state index contributed by atoms with van der Waals surface area (Å²) in [6, 6.07) is 0. The largest absolute Gasteiger partial charge is 0.450 e. The van der Waals surface area contributed by atoms with Crippen molar-refractivity contribution < 1.29 is 14.3 Å². The quantitative estimate of drug-likeness (QED) is 0.812. The molecule has 1 N–H and O–H groups in total. The standard InChI is InChI=1S/C20H37N3O3/c1-6-26-19(25)22-9-7-8-17(13-22)18(24)21-14-20(4,5)23-11-15(2)10-16(3)12-23/h15-17H,6-14H2,1-5H3,(H,21,24). The summed E-state index contributed by atoms with van der Waals surface area (Å²) in [6.45, 7) is 15.2. The number of piperidine rings is 2. The molecule has 2 amide bonds. The first-order chi connectivity index (χ1) is 12.2. The van der Waals surface area contributed by atoms with E-state index >= 15 is 0 Å². The number of carbonyl (C=O) groups is 2. The van der Waals surface area contributed by atoms with Gasteiger partial charge in [0.1, 0.15) is 0 Å². The van der Waals surface area contributed by atoms with Gasteiger partial charge in [0.25, 0.3) is 0 Å². The number of likely N-dealkylation sites (tertiary alicyclic amines) is 2. The maximum absolute atomic E-state index is 12.7. The zero-order chi connectivity index (χ0) is 19.3. The minimum atomic E-state index is -0.304. The van der Waals surface area contributed by atoms with Crippen molar-refractivity contribution in [2.24, 2.45) is 17.8 Å². The lowest BCUT2D eigenvalue weighted by molar-refractivity contribution is -0.127. The lowest BCUT2D eigenvalue weighted by Crippen LogP contribution is -2.57. The van der Waals surface area contributed by atoms with Crippen LogP contribution in [-0.4, -0.2) is 66.7 Å². The van der Waals surface area contributed by atoms with E-state index < -0.39 is 0 Å². The average Bonchev–Trinajstić information content (AvgIpc) is 2.59. The third kappa shape index (κ3) is 5.60. The molecule has 2 aliphatic rings. The fraction of sp³-hybridized carbons (Fsp3) is 0.900. The first kappa shape index (κ1) is 21.0. The number of rotatable bonds is 5. The van der Waals surface area contributed by atoms with Crippen LogP contribution >= 0.6 is 0 Å². The van der Waals surface area contributed by atoms with Gasteiger partial charge in [0.2, 0.25) is 5.91 Å². The Morgan fingerprint density at radius 3 is 2.42 bits per heavy atom. The van der Waals surface area contributed by atoms with Gasteiger partial charge in [0.15, 0.2) is 0 Å². The Labute approximate surface area is 158 Å². The fourth-order valence-electron chi connectivity index (χ4n) is 4.29. The number of amides is 2. The molecule has 0 aliphatic carbocycles. The molecule has 3 atom stereocenters. The molecular weight excluding hydrogens is 330 g/mol. The summed E-state index contributed by atoms with van der Waals surface area (Å²) in [4.78, 5) is 28.8. The molecule has 0 bridgehead atoms. The first-order valence-electron chi connectivity index (χ1n) is 10.2. The molecule has 0 saturated carbocycles. The summed E-state index contributed by atoms with van der Waals surface area (Å²) in [7, 11) is 0. The van der Waals surface area contributed by atoms with E-state index in [1.807, 2.05) is 0 Å². The van der Waals surface area contributed by atoms with Crippen molar-refractivity contribution in [1.82, 2.24) is 15.1 Å². The summed E-state index contributed by atoms with van der Waals surface area (Å²) in [5, 5.41) is 3.15. The van der Waals surface area contributed by atoms with E-state index in [0.29, 0.717) is 38.1 Å². The third-order valence-electron chi connectivity index (χ3n) is 5.74. The Hall–Kier alpha value is -1.30. The molecule has 0 spiro atoms. The molecule has 2 aliphatic heterocycles. The van der Waals surface area contributed by atoms with Crippen LogP contribution in [0.1, 0.15) is 53.9 Å². The maximum Gasteiger partial charge on any atom is 0.409 e. The highest BCUT2D eigenvalue weighted by molar-refractivity contribution is 5.80. The van der Waals surface area contributed by atoms with Crippen molar-refractivity contribution in [3.63, 3.8) is 0 Å². The van der Waals surface area contributed by atoms with Crippen molar-refractivity contribution in [2.75, 3.05) is 39.3 Å². The number of hydrogen-bond donors (Lipinski definition) is 1. The zero-order valence-corrected chi connectivity index (χ0v) is 17.2. The topological polar surface area (TPSA) is 61.9 Å². The van der Waals surface area contributed by atoms with Gasteiger partial charge in [-0.05, 0) is 51.9 Å². The highest BCUT2D eigenvalue weighted by atomic mass is 16.6. The van der Waals surface area contributed by atoms with Crippen molar-refractivity contribution >= 4 is 12.0 Å². The molecule has 2 fully saturated rings. The second kappa shape index (κ2) is 9.07. The monoisotopic (exact) mass is 367 g/mol. The number of nitrogens with zero attached hydrogens (tertiary/aromatic N) is 2. The summed E-state index contributed by atoms with van der Waals surface area (Å²) in [5.41, 5.74) is -0.0614. The first-order valence-corrected chi connectivity index (χ1v) is 10.2. The van der Waals surface area contributed by atoms with Crippen LogP contribution in [0.4, 0.5) is 4.79 Å². The van der Waals surface area contributed by atoms with Crippen LogP contribution in [-0.2, 0) is 9.53 Å². The molecule has 26 heavy (non-hydrogen) atoms. The smallest absolute Gasteiger partial charge is 0.409 e. The van der Waals surface area contributed by atoms with Crippen LogP contribution in [0.3, 0.4) is 0 Å². The SMILES string of the molecule is CCOC(=O)N1CCCC(C(=O)NCC(C)(C)N2CC(C)CC(C)C2)C1. The van der Waals surface area contributed by atoms with Crippen LogP contribution in [0.25, 0.3) is 0 Å². The Morgan fingerprint density at radius 2 is 1.81 bits per heavy atom. The van der Waals surface area contributed by atoms with E-state index in [1.54, 1.807) is 11.8 Å². The second-order valence-electron chi connectivity index (χ2n) is 8.87. The van der Waals surface area contributed by atoms with Gasteiger partial charge in [0, 0.05) is 38.3 Å². The van der Waals surface area contributed by atoms with Gasteiger partial charge >= 0.3 is 6.09 Å². The lowest BCUT2D eigenvalue weighted by Gasteiger charge is -2.45. The van der Waals surface area contributed by atoms with E-state index in [1.165, 1.54) is 6.42 Å². The van der Waals surface area contributed by atoms with Gasteiger partial charge in [-0.25, -0.2) is 4.79 Å². The average molecular weight is 368 g/mol. The number of ether oxygens (including phenoxy) is 1. The molecule has 0 radical (unpaired) electrons. The molecule has 3 unspecified atom stereocenters. The highest BCUT2D eigenvalue weighted by Crippen LogP contribution is 2.27. The summed E-state index contributed by atoms with van der Waals surface area (Å²) < 4.78 is 5.07. The number of carbonyl (C=O) groups excluding carboxylic acids is 2. The Morgan fingerprint density at radius 1 is 1.15 bits per heavy atom. The van der Waals surface area contributed by atoms with E-state index in [2.05, 4.69) is 37.9 Å². The minimum Gasteiger partial charge on any atom is -0.450 e. The molecule has 2 rings (SSSR count). The zero-order valence-electron chi connectivity index (χ0n) is 17.2. The predicted octanol–water partition coefficient (Wildman–Crippen LogP) is 2.73. The Kier molecular flexibility index (Phi) is 7.33. The Balaban J connectivity index is 1.85. The molecule has 150 valence electrons. The number of nitrogens with one attached hydrogen (secondary N) is 1. The third-order valence-corrected chi connectivity index (χ3v) is 5.74. The van der Waals surface area contributed by atoms with Crippen LogP contribution in [0, 0.1) is 17.8 Å². The van der Waals surface area contributed by atoms with Gasteiger partial charge in [-0.2, -0.15) is 0 Å². The molecule has 6 heteroatoms. The van der Waals surface area contributed by atoms with E-state index in [-0.39, 0.29) is 23.5 Å². The Bertz CT molecular complexity index is 485. The summed E-state index contributed by atoms with van der Waals surface area (Å²) in [6.07, 6.45) is 2.66. The van der Waals surface area contributed by atoms with E-state index in [4.69, 9.17) is 4.74 Å². The van der Waals surface area contributed by atoms with Gasteiger partial charge in [-0.15, -0.1) is 0 Å². The molecule has 6 nitrogen and oxygen atoms in total. The van der Waals surface area contributed by atoms with Gasteiger partial charge in [0.05, 0.1) is 12.5 Å². The van der Waals surface area contributed by atoms with Crippen molar-refractivity contribution in [3.8, 4) is 0 Å². The van der Waals surface area contributed by atoms with Gasteiger partial charge < -0.3 is 15.0 Å². The van der Waals surface area contributed by atoms with Crippen LogP contribution in [0.15, 0.2) is 0 Å². The molecule has 2 saturated heterocycles. The maximum atomic E-state index is 12.7. The number of hydrogen-bond acceptors (Lipinski definition) is 4. The molecule has 0 aromatic rings. The van der Waals surface area contributed by atoms with Crippen LogP contribution in [0.2, 0.25) is 0 Å². The highest BCUT2D eigenvalue weighted by Gasteiger charge is 2.34. The van der Waals surface area contributed by atoms with Crippen LogP contribution < -0.4 is 5.32 Å². The molecular formula is C20H37N3O3. The molecule has 0 aromatic carbocycles.